The highest BCUT2D eigenvalue weighted by Gasteiger charge is 2.09. The van der Waals surface area contributed by atoms with E-state index in [0.717, 1.165) is 5.56 Å². The van der Waals surface area contributed by atoms with E-state index in [1.165, 1.54) is 7.11 Å². The van der Waals surface area contributed by atoms with Gasteiger partial charge in [0.15, 0.2) is 0 Å². The maximum atomic E-state index is 5.77. The van der Waals surface area contributed by atoms with Crippen molar-refractivity contribution in [3.8, 4) is 5.88 Å². The summed E-state index contributed by atoms with van der Waals surface area (Å²) in [6.45, 7) is 4.10. The molecule has 0 radical (unpaired) electrons. The van der Waals surface area contributed by atoms with E-state index < -0.39 is 0 Å². The van der Waals surface area contributed by atoms with Crippen LogP contribution in [0.5, 0.6) is 5.88 Å². The Morgan fingerprint density at radius 3 is 2.67 bits per heavy atom. The second-order valence-corrected chi connectivity index (χ2v) is 2.88. The summed E-state index contributed by atoms with van der Waals surface area (Å²) in [4.78, 5) is 0. The van der Waals surface area contributed by atoms with Crippen LogP contribution in [-0.4, -0.2) is 17.3 Å². The first-order valence-electron chi connectivity index (χ1n) is 3.81. The third kappa shape index (κ3) is 1.47. The summed E-state index contributed by atoms with van der Waals surface area (Å²) < 4.78 is 4.94. The van der Waals surface area contributed by atoms with E-state index in [9.17, 15) is 0 Å². The molecule has 4 nitrogen and oxygen atoms in total. The third-order valence-electron chi connectivity index (χ3n) is 1.70. The molecule has 0 aliphatic rings. The largest absolute Gasteiger partial charge is 0.478 e. The zero-order chi connectivity index (χ0) is 9.14. The van der Waals surface area contributed by atoms with Crippen LogP contribution in [0.3, 0.4) is 0 Å². The highest BCUT2D eigenvalue weighted by molar-refractivity contribution is 5.54. The van der Waals surface area contributed by atoms with Gasteiger partial charge in [0.1, 0.15) is 5.69 Å². The van der Waals surface area contributed by atoms with Gasteiger partial charge in [-0.25, -0.2) is 0 Å². The molecule has 1 heterocycles. The number of ether oxygens (including phenoxy) is 1. The van der Waals surface area contributed by atoms with Crippen LogP contribution in [0.1, 0.15) is 25.3 Å². The third-order valence-corrected chi connectivity index (χ3v) is 1.70. The number of hydrogen-bond acceptors (Lipinski definition) is 4. The van der Waals surface area contributed by atoms with Gasteiger partial charge in [0.05, 0.1) is 13.3 Å². The van der Waals surface area contributed by atoms with Gasteiger partial charge in [-0.1, -0.05) is 13.8 Å². The molecule has 0 aliphatic carbocycles. The Kier molecular flexibility index (Phi) is 2.47. The average molecular weight is 167 g/mol. The van der Waals surface area contributed by atoms with Crippen molar-refractivity contribution in [3.05, 3.63) is 11.8 Å². The van der Waals surface area contributed by atoms with Gasteiger partial charge in [-0.2, -0.15) is 5.10 Å². The van der Waals surface area contributed by atoms with E-state index in [4.69, 9.17) is 10.5 Å². The smallest absolute Gasteiger partial charge is 0.256 e. The van der Waals surface area contributed by atoms with Gasteiger partial charge in [0, 0.05) is 5.56 Å². The maximum absolute atomic E-state index is 5.77. The minimum Gasteiger partial charge on any atom is -0.478 e. The fourth-order valence-corrected chi connectivity index (χ4v) is 1.00. The first-order chi connectivity index (χ1) is 5.66. The van der Waals surface area contributed by atoms with Gasteiger partial charge in [-0.05, 0) is 5.92 Å². The van der Waals surface area contributed by atoms with Crippen molar-refractivity contribution in [1.82, 2.24) is 10.2 Å². The fourth-order valence-electron chi connectivity index (χ4n) is 1.00. The van der Waals surface area contributed by atoms with Crippen molar-refractivity contribution in [3.63, 3.8) is 0 Å². The van der Waals surface area contributed by atoms with Gasteiger partial charge >= 0.3 is 0 Å². The molecular weight excluding hydrogens is 154 g/mol. The quantitative estimate of drug-likeness (QED) is 0.718. The van der Waals surface area contributed by atoms with Gasteiger partial charge in [-0.15, -0.1) is 5.10 Å². The molecule has 0 aliphatic heterocycles. The molecule has 0 unspecified atom stereocenters. The number of methoxy groups -OCH3 is 1. The van der Waals surface area contributed by atoms with Gasteiger partial charge in [0.25, 0.3) is 5.88 Å². The number of nitrogen functional groups attached to an aromatic ring is 1. The molecule has 4 heteroatoms. The summed E-state index contributed by atoms with van der Waals surface area (Å²) in [7, 11) is 1.53. The second-order valence-electron chi connectivity index (χ2n) is 2.88. The molecule has 0 atom stereocenters. The van der Waals surface area contributed by atoms with Crippen LogP contribution >= 0.6 is 0 Å². The van der Waals surface area contributed by atoms with Crippen LogP contribution in [0.2, 0.25) is 0 Å². The number of nitrogens with zero attached hydrogens (tertiary/aromatic N) is 2. The Morgan fingerprint density at radius 1 is 1.50 bits per heavy atom. The number of hydrogen-bond donors (Lipinski definition) is 1. The van der Waals surface area contributed by atoms with Crippen LogP contribution < -0.4 is 10.5 Å². The molecule has 66 valence electrons. The van der Waals surface area contributed by atoms with Gasteiger partial charge in [0.2, 0.25) is 0 Å². The second kappa shape index (κ2) is 3.38. The van der Waals surface area contributed by atoms with Gasteiger partial charge < -0.3 is 10.5 Å². The standard InChI is InChI=1S/C8H13N3O/c1-5(2)6-4-10-11-8(12-3)7(6)9/h4-5H,1-3H3,(H2,9,10). The van der Waals surface area contributed by atoms with Crippen LogP contribution in [-0.2, 0) is 0 Å². The molecule has 12 heavy (non-hydrogen) atoms. The predicted octanol–water partition coefficient (Wildman–Crippen LogP) is 1.19. The van der Waals surface area contributed by atoms with E-state index in [0.29, 0.717) is 17.5 Å². The highest BCUT2D eigenvalue weighted by atomic mass is 16.5. The van der Waals surface area contributed by atoms with E-state index in [1.807, 2.05) is 13.8 Å². The normalized spacial score (nSPS) is 10.3. The molecule has 1 rings (SSSR count). The zero-order valence-electron chi connectivity index (χ0n) is 7.53. The lowest BCUT2D eigenvalue weighted by Crippen LogP contribution is -2.03. The maximum Gasteiger partial charge on any atom is 0.256 e. The Bertz CT molecular complexity index is 273. The van der Waals surface area contributed by atoms with Crippen LogP contribution in [0.25, 0.3) is 0 Å². The fraction of sp³-hybridized carbons (Fsp3) is 0.500. The number of anilines is 1. The van der Waals surface area contributed by atoms with Crippen LogP contribution in [0.4, 0.5) is 5.69 Å². The molecule has 0 saturated heterocycles. The lowest BCUT2D eigenvalue weighted by molar-refractivity contribution is 0.393. The summed E-state index contributed by atoms with van der Waals surface area (Å²) >= 11 is 0. The van der Waals surface area contributed by atoms with E-state index in [-0.39, 0.29) is 0 Å². The summed E-state index contributed by atoms with van der Waals surface area (Å²) in [6.07, 6.45) is 1.67. The summed E-state index contributed by atoms with van der Waals surface area (Å²) in [6, 6.07) is 0. The van der Waals surface area contributed by atoms with E-state index in [1.54, 1.807) is 6.20 Å². The average Bonchev–Trinajstić information content (AvgIpc) is 2.04. The van der Waals surface area contributed by atoms with Crippen molar-refractivity contribution >= 4 is 5.69 Å². The van der Waals surface area contributed by atoms with Crippen LogP contribution in [0.15, 0.2) is 6.20 Å². The van der Waals surface area contributed by atoms with Crippen LogP contribution in [0, 0.1) is 0 Å². The lowest BCUT2D eigenvalue weighted by atomic mass is 10.1. The minimum absolute atomic E-state index is 0.342. The summed E-state index contributed by atoms with van der Waals surface area (Å²) in [5.41, 5.74) is 7.33. The summed E-state index contributed by atoms with van der Waals surface area (Å²) in [5, 5.41) is 7.53. The molecule has 0 spiro atoms. The molecule has 2 N–H and O–H groups in total. The monoisotopic (exact) mass is 167 g/mol. The Balaban J connectivity index is 3.14. The number of rotatable bonds is 2. The van der Waals surface area contributed by atoms with E-state index >= 15 is 0 Å². The van der Waals surface area contributed by atoms with Crippen molar-refractivity contribution in [1.29, 1.82) is 0 Å². The molecule has 0 aromatic carbocycles. The molecular formula is C8H13N3O. The topological polar surface area (TPSA) is 61.0 Å². The van der Waals surface area contributed by atoms with E-state index in [2.05, 4.69) is 10.2 Å². The number of aromatic nitrogens is 2. The predicted molar refractivity (Wildman–Crippen MR) is 47.1 cm³/mol. The molecule has 0 bridgehead atoms. The molecule has 1 aromatic heterocycles. The first-order valence-corrected chi connectivity index (χ1v) is 3.81. The van der Waals surface area contributed by atoms with Crippen molar-refractivity contribution < 1.29 is 4.74 Å². The van der Waals surface area contributed by atoms with Crippen molar-refractivity contribution in [2.24, 2.45) is 0 Å². The highest BCUT2D eigenvalue weighted by Crippen LogP contribution is 2.26. The Hall–Kier alpha value is -1.32. The SMILES string of the molecule is COc1nncc(C(C)C)c1N. The zero-order valence-corrected chi connectivity index (χ0v) is 7.53. The van der Waals surface area contributed by atoms with Gasteiger partial charge in [-0.3, -0.25) is 0 Å². The molecule has 1 aromatic rings. The Labute approximate surface area is 71.8 Å². The molecule has 0 fully saturated rings. The first kappa shape index (κ1) is 8.77. The Morgan fingerprint density at radius 2 is 2.17 bits per heavy atom. The summed E-state index contributed by atoms with van der Waals surface area (Å²) in [5.74, 6) is 0.746. The van der Waals surface area contributed by atoms with Crippen molar-refractivity contribution in [2.45, 2.75) is 19.8 Å². The lowest BCUT2D eigenvalue weighted by Gasteiger charge is -2.09. The molecule has 0 saturated carbocycles. The van der Waals surface area contributed by atoms with Crippen molar-refractivity contribution in [2.75, 3.05) is 12.8 Å². The molecule has 0 amide bonds. The minimum atomic E-state index is 0.342. The number of nitrogens with two attached hydrogens (primary N) is 1.